The fourth-order valence-electron chi connectivity index (χ4n) is 3.62. The molecule has 0 bridgehead atoms. The third-order valence-corrected chi connectivity index (χ3v) is 7.07. The molecule has 0 saturated carbocycles. The largest absolute Gasteiger partial charge is 0.379 e. The smallest absolute Gasteiger partial charge is 0.246 e. The molecular formula is C21H23FN4O4S. The third-order valence-electron chi connectivity index (χ3n) is 5.15. The number of halogens is 1. The lowest BCUT2D eigenvalue weighted by Gasteiger charge is -2.26. The van der Waals surface area contributed by atoms with E-state index in [-0.39, 0.29) is 44.4 Å². The number of hydrogen-bond donors (Lipinski definition) is 1. The van der Waals surface area contributed by atoms with Gasteiger partial charge in [-0.15, -0.1) is 0 Å². The minimum Gasteiger partial charge on any atom is -0.379 e. The number of imidazole rings is 1. The van der Waals surface area contributed by atoms with Gasteiger partial charge in [0, 0.05) is 25.2 Å². The maximum Gasteiger partial charge on any atom is 0.246 e. The van der Waals surface area contributed by atoms with Crippen LogP contribution in [0.3, 0.4) is 0 Å². The van der Waals surface area contributed by atoms with Gasteiger partial charge >= 0.3 is 0 Å². The highest BCUT2D eigenvalue weighted by Gasteiger charge is 2.29. The van der Waals surface area contributed by atoms with Crippen LogP contribution in [-0.4, -0.2) is 54.5 Å². The second-order valence-corrected chi connectivity index (χ2v) is 9.07. The molecule has 1 saturated heterocycles. The number of carbonyl (C=O) groups is 1. The van der Waals surface area contributed by atoms with E-state index in [1.165, 1.54) is 10.4 Å². The summed E-state index contributed by atoms with van der Waals surface area (Å²) in [4.78, 5) is 16.8. The highest BCUT2D eigenvalue weighted by molar-refractivity contribution is 7.89. The number of para-hydroxylation sites is 2. The van der Waals surface area contributed by atoms with Crippen LogP contribution in [0.1, 0.15) is 12.7 Å². The van der Waals surface area contributed by atoms with Crippen LogP contribution in [0.4, 0.5) is 10.1 Å². The first-order chi connectivity index (χ1) is 14.9. The van der Waals surface area contributed by atoms with E-state index in [1.54, 1.807) is 0 Å². The van der Waals surface area contributed by atoms with Gasteiger partial charge in [0.25, 0.3) is 0 Å². The van der Waals surface area contributed by atoms with E-state index in [0.29, 0.717) is 6.42 Å². The Hall–Kier alpha value is -2.82. The molecule has 31 heavy (non-hydrogen) atoms. The molecule has 1 aromatic heterocycles. The average molecular weight is 447 g/mol. The monoisotopic (exact) mass is 446 g/mol. The number of nitrogens with zero attached hydrogens (tertiary/aromatic N) is 3. The molecule has 10 heteroatoms. The zero-order chi connectivity index (χ0) is 22.0. The van der Waals surface area contributed by atoms with Gasteiger partial charge in [-0.3, -0.25) is 4.79 Å². The predicted molar refractivity (Wildman–Crippen MR) is 114 cm³/mol. The number of nitrogens with one attached hydrogen (secondary N) is 1. The summed E-state index contributed by atoms with van der Waals surface area (Å²) in [5.74, 6) is -0.455. The Kier molecular flexibility index (Phi) is 6.03. The van der Waals surface area contributed by atoms with Gasteiger partial charge in [-0.1, -0.05) is 19.1 Å². The number of benzene rings is 2. The SMILES string of the molecule is CCc1nc2ccccc2n1CC(=O)Nc1ccc(F)c(S(=O)(=O)N2CCOCC2)c1. The van der Waals surface area contributed by atoms with Gasteiger partial charge in [0.05, 0.1) is 24.2 Å². The van der Waals surface area contributed by atoms with Crippen LogP contribution in [0.25, 0.3) is 11.0 Å². The second-order valence-electron chi connectivity index (χ2n) is 7.17. The van der Waals surface area contributed by atoms with Gasteiger partial charge in [-0.25, -0.2) is 17.8 Å². The van der Waals surface area contributed by atoms with E-state index in [1.807, 2.05) is 35.8 Å². The van der Waals surface area contributed by atoms with Crippen LogP contribution in [0.15, 0.2) is 47.4 Å². The second kappa shape index (κ2) is 8.74. The number of morpholine rings is 1. The summed E-state index contributed by atoms with van der Waals surface area (Å²) in [7, 11) is -4.03. The first-order valence-corrected chi connectivity index (χ1v) is 11.5. The van der Waals surface area contributed by atoms with Crippen molar-refractivity contribution in [3.63, 3.8) is 0 Å². The Morgan fingerprint density at radius 3 is 2.68 bits per heavy atom. The maximum absolute atomic E-state index is 14.4. The number of carbonyl (C=O) groups excluding carboxylic acids is 1. The van der Waals surface area contributed by atoms with Crippen LogP contribution >= 0.6 is 0 Å². The van der Waals surface area contributed by atoms with Crippen molar-refractivity contribution in [2.75, 3.05) is 31.6 Å². The molecular weight excluding hydrogens is 423 g/mol. The number of aryl methyl sites for hydroxylation is 1. The Bertz CT molecular complexity index is 1220. The van der Waals surface area contributed by atoms with Gasteiger partial charge in [-0.2, -0.15) is 4.31 Å². The number of hydrogen-bond acceptors (Lipinski definition) is 5. The Morgan fingerprint density at radius 1 is 1.19 bits per heavy atom. The summed E-state index contributed by atoms with van der Waals surface area (Å²) in [5, 5.41) is 2.68. The highest BCUT2D eigenvalue weighted by atomic mass is 32.2. The van der Waals surface area contributed by atoms with Crippen molar-refractivity contribution in [2.24, 2.45) is 0 Å². The van der Waals surface area contributed by atoms with Gasteiger partial charge in [-0.05, 0) is 30.3 Å². The molecule has 0 unspecified atom stereocenters. The molecule has 1 amide bonds. The number of aromatic nitrogens is 2. The molecule has 0 radical (unpaired) electrons. The minimum absolute atomic E-state index is 0.00656. The Labute approximate surface area is 179 Å². The lowest BCUT2D eigenvalue weighted by Crippen LogP contribution is -2.40. The molecule has 8 nitrogen and oxygen atoms in total. The van der Waals surface area contributed by atoms with Crippen LogP contribution < -0.4 is 5.32 Å². The van der Waals surface area contributed by atoms with Crippen LogP contribution in [0, 0.1) is 5.82 Å². The summed E-state index contributed by atoms with van der Waals surface area (Å²) in [6.45, 7) is 2.80. The Morgan fingerprint density at radius 2 is 1.94 bits per heavy atom. The van der Waals surface area contributed by atoms with Crippen LogP contribution in [0.5, 0.6) is 0 Å². The molecule has 0 atom stereocenters. The molecule has 0 aliphatic carbocycles. The van der Waals surface area contributed by atoms with E-state index >= 15 is 0 Å². The van der Waals surface area contributed by atoms with Gasteiger partial charge < -0.3 is 14.6 Å². The third kappa shape index (κ3) is 4.32. The number of fused-ring (bicyclic) bond motifs is 1. The van der Waals surface area contributed by atoms with E-state index in [0.717, 1.165) is 29.0 Å². The van der Waals surface area contributed by atoms with E-state index < -0.39 is 20.7 Å². The molecule has 2 heterocycles. The molecule has 164 valence electrons. The summed E-state index contributed by atoms with van der Waals surface area (Å²) in [5.41, 5.74) is 1.85. The summed E-state index contributed by atoms with van der Waals surface area (Å²) >= 11 is 0. The number of ether oxygens (including phenoxy) is 1. The molecule has 2 aromatic carbocycles. The zero-order valence-electron chi connectivity index (χ0n) is 17.0. The van der Waals surface area contributed by atoms with Gasteiger partial charge in [0.2, 0.25) is 15.9 Å². The number of rotatable bonds is 6. The summed E-state index contributed by atoms with van der Waals surface area (Å²) in [6.07, 6.45) is 0.653. The lowest BCUT2D eigenvalue weighted by molar-refractivity contribution is -0.116. The molecule has 1 N–H and O–H groups in total. The van der Waals surface area contributed by atoms with Crippen molar-refractivity contribution in [2.45, 2.75) is 24.8 Å². The van der Waals surface area contributed by atoms with Crippen molar-refractivity contribution in [3.05, 3.63) is 54.1 Å². The van der Waals surface area contributed by atoms with Crippen molar-refractivity contribution in [3.8, 4) is 0 Å². The van der Waals surface area contributed by atoms with E-state index in [4.69, 9.17) is 4.74 Å². The molecule has 4 rings (SSSR count). The first kappa shape index (κ1) is 21.4. The molecule has 1 aliphatic rings. The molecule has 1 fully saturated rings. The number of anilines is 1. The van der Waals surface area contributed by atoms with Crippen molar-refractivity contribution in [1.82, 2.24) is 13.9 Å². The number of amides is 1. The first-order valence-electron chi connectivity index (χ1n) is 10.0. The summed E-state index contributed by atoms with van der Waals surface area (Å²) in [6, 6.07) is 11.1. The minimum atomic E-state index is -4.03. The fourth-order valence-corrected chi connectivity index (χ4v) is 5.12. The fraction of sp³-hybridized carbons (Fsp3) is 0.333. The van der Waals surface area contributed by atoms with Crippen LogP contribution in [-0.2, 0) is 32.5 Å². The number of sulfonamides is 1. The average Bonchev–Trinajstić information content (AvgIpc) is 3.13. The van der Waals surface area contributed by atoms with Gasteiger partial charge in [0.1, 0.15) is 23.1 Å². The van der Waals surface area contributed by atoms with Crippen molar-refractivity contribution >= 4 is 32.7 Å². The van der Waals surface area contributed by atoms with E-state index in [2.05, 4.69) is 10.3 Å². The zero-order valence-corrected chi connectivity index (χ0v) is 17.9. The Balaban J connectivity index is 1.56. The van der Waals surface area contributed by atoms with Crippen LogP contribution in [0.2, 0.25) is 0 Å². The van der Waals surface area contributed by atoms with E-state index in [9.17, 15) is 17.6 Å². The summed E-state index contributed by atoms with van der Waals surface area (Å²) < 4.78 is 48.2. The quantitative estimate of drug-likeness (QED) is 0.628. The molecule has 0 spiro atoms. The standard InChI is InChI=1S/C21H23FN4O4S/c1-2-20-24-17-5-3-4-6-18(17)26(20)14-21(27)23-15-7-8-16(22)19(13-15)31(28,29)25-9-11-30-12-10-25/h3-8,13H,2,9-12,14H2,1H3,(H,23,27). The highest BCUT2D eigenvalue weighted by Crippen LogP contribution is 2.24. The van der Waals surface area contributed by atoms with Crippen molar-refractivity contribution in [1.29, 1.82) is 0 Å². The lowest BCUT2D eigenvalue weighted by atomic mass is 10.3. The van der Waals surface area contributed by atoms with Gasteiger partial charge in [0.15, 0.2) is 0 Å². The maximum atomic E-state index is 14.4. The molecule has 1 aliphatic heterocycles. The van der Waals surface area contributed by atoms with Crippen molar-refractivity contribution < 1.29 is 22.3 Å². The predicted octanol–water partition coefficient (Wildman–Crippen LogP) is 2.40. The normalized spacial score (nSPS) is 15.3. The molecule has 3 aromatic rings. The topological polar surface area (TPSA) is 93.5 Å².